The fraction of sp³-hybridized carbons (Fsp3) is 0.579. The first kappa shape index (κ1) is 17.3. The zero-order chi connectivity index (χ0) is 18.0. The van der Waals surface area contributed by atoms with Gasteiger partial charge in [-0.3, -0.25) is 14.8 Å². The maximum Gasteiger partial charge on any atom is 0.271 e. The largest absolute Gasteiger partial charge is 0.379 e. The Bertz CT molecular complexity index is 731. The number of nitrogens with zero attached hydrogens (tertiary/aromatic N) is 4. The molecule has 140 valence electrons. The minimum Gasteiger partial charge on any atom is -0.379 e. The van der Waals surface area contributed by atoms with E-state index in [0.29, 0.717) is 5.69 Å². The number of nitrogens with one attached hydrogen (secondary N) is 1. The molecular weight excluding hydrogens is 330 g/mol. The Balaban J connectivity index is 1.40. The third-order valence-electron chi connectivity index (χ3n) is 5.80. The molecule has 0 saturated carbocycles. The molecule has 2 fully saturated rings. The molecule has 4 heterocycles. The molecule has 1 amide bonds. The van der Waals surface area contributed by atoms with Gasteiger partial charge in [-0.25, -0.2) is 0 Å². The molecule has 26 heavy (non-hydrogen) atoms. The van der Waals surface area contributed by atoms with Crippen LogP contribution in [-0.2, 0) is 18.3 Å². The lowest BCUT2D eigenvalue weighted by molar-refractivity contribution is 0.0142. The first-order valence-corrected chi connectivity index (χ1v) is 9.34. The van der Waals surface area contributed by atoms with Crippen molar-refractivity contribution in [3.05, 3.63) is 42.0 Å². The molecule has 2 aromatic rings. The lowest BCUT2D eigenvalue weighted by Gasteiger charge is -2.42. The van der Waals surface area contributed by atoms with Crippen molar-refractivity contribution in [2.45, 2.75) is 19.4 Å². The van der Waals surface area contributed by atoms with E-state index in [0.717, 1.165) is 58.8 Å². The van der Waals surface area contributed by atoms with E-state index in [1.54, 1.807) is 12.3 Å². The number of aromatic nitrogens is 3. The normalized spacial score (nSPS) is 21.0. The standard InChI is InChI=1S/C19H27N5O2/c1-22-8-2-3-16(22)13-23-11-12-26-15-19(14-23)5-9-24(10-6-19)18(25)17-4-7-20-21-17/h2-4,7-8H,5-6,9-15H2,1H3,(H,20,21). The van der Waals surface area contributed by atoms with Crippen molar-refractivity contribution in [3.8, 4) is 0 Å². The average Bonchev–Trinajstić information content (AvgIpc) is 3.27. The fourth-order valence-electron chi connectivity index (χ4n) is 4.14. The SMILES string of the molecule is Cn1cccc1CN1CCOCC2(CCN(C(=O)c3ccn[nH]3)CC2)C1. The van der Waals surface area contributed by atoms with Crippen LogP contribution in [0.25, 0.3) is 0 Å². The number of carbonyl (C=O) groups is 1. The van der Waals surface area contributed by atoms with Crippen LogP contribution in [0.4, 0.5) is 0 Å². The molecule has 0 bridgehead atoms. The molecule has 1 N–H and O–H groups in total. The van der Waals surface area contributed by atoms with E-state index < -0.39 is 0 Å². The van der Waals surface area contributed by atoms with E-state index >= 15 is 0 Å². The van der Waals surface area contributed by atoms with Gasteiger partial charge in [-0.15, -0.1) is 0 Å². The van der Waals surface area contributed by atoms with Gasteiger partial charge < -0.3 is 14.2 Å². The summed E-state index contributed by atoms with van der Waals surface area (Å²) in [4.78, 5) is 17.0. The first-order chi connectivity index (χ1) is 12.7. The molecule has 2 aromatic heterocycles. The number of H-pyrrole nitrogens is 1. The molecule has 0 atom stereocenters. The summed E-state index contributed by atoms with van der Waals surface area (Å²) in [7, 11) is 2.10. The summed E-state index contributed by atoms with van der Waals surface area (Å²) in [6, 6.07) is 6.02. The number of aromatic amines is 1. The zero-order valence-electron chi connectivity index (χ0n) is 15.4. The van der Waals surface area contributed by atoms with Crippen molar-refractivity contribution in [2.24, 2.45) is 12.5 Å². The number of likely N-dealkylation sites (tertiary alicyclic amines) is 1. The highest BCUT2D eigenvalue weighted by atomic mass is 16.5. The second kappa shape index (κ2) is 7.25. The molecule has 2 aliphatic rings. The van der Waals surface area contributed by atoms with Gasteiger partial charge in [0, 0.05) is 63.3 Å². The van der Waals surface area contributed by atoms with Crippen LogP contribution in [0.5, 0.6) is 0 Å². The number of rotatable bonds is 3. The highest BCUT2D eigenvalue weighted by Crippen LogP contribution is 2.35. The van der Waals surface area contributed by atoms with E-state index in [4.69, 9.17) is 4.74 Å². The number of hydrogen-bond donors (Lipinski definition) is 1. The van der Waals surface area contributed by atoms with Crippen LogP contribution in [0.15, 0.2) is 30.6 Å². The molecular formula is C19H27N5O2. The van der Waals surface area contributed by atoms with E-state index in [-0.39, 0.29) is 11.3 Å². The topological polar surface area (TPSA) is 66.4 Å². The molecule has 7 nitrogen and oxygen atoms in total. The Morgan fingerprint density at radius 1 is 1.31 bits per heavy atom. The van der Waals surface area contributed by atoms with Gasteiger partial charge in [0.15, 0.2) is 0 Å². The number of carbonyl (C=O) groups excluding carboxylic acids is 1. The summed E-state index contributed by atoms with van der Waals surface area (Å²) in [5, 5.41) is 6.66. The van der Waals surface area contributed by atoms with E-state index in [9.17, 15) is 4.79 Å². The minimum absolute atomic E-state index is 0.0487. The fourth-order valence-corrected chi connectivity index (χ4v) is 4.14. The third-order valence-corrected chi connectivity index (χ3v) is 5.80. The molecule has 0 aromatic carbocycles. The van der Waals surface area contributed by atoms with Gasteiger partial charge in [-0.2, -0.15) is 5.10 Å². The smallest absolute Gasteiger partial charge is 0.271 e. The summed E-state index contributed by atoms with van der Waals surface area (Å²) in [6.07, 6.45) is 5.69. The summed E-state index contributed by atoms with van der Waals surface area (Å²) in [6.45, 7) is 6.07. The molecule has 2 aliphatic heterocycles. The average molecular weight is 357 g/mol. The number of aryl methyl sites for hydroxylation is 1. The van der Waals surface area contributed by atoms with Crippen LogP contribution in [0, 0.1) is 5.41 Å². The van der Waals surface area contributed by atoms with Crippen molar-refractivity contribution >= 4 is 5.91 Å². The molecule has 4 rings (SSSR count). The van der Waals surface area contributed by atoms with E-state index in [1.807, 2.05) is 4.90 Å². The molecule has 0 unspecified atom stereocenters. The number of amides is 1. The second-order valence-corrected chi connectivity index (χ2v) is 7.64. The maximum atomic E-state index is 12.5. The Kier molecular flexibility index (Phi) is 4.82. The highest BCUT2D eigenvalue weighted by Gasteiger charge is 2.39. The molecule has 2 saturated heterocycles. The van der Waals surface area contributed by atoms with Crippen molar-refractivity contribution < 1.29 is 9.53 Å². The summed E-state index contributed by atoms with van der Waals surface area (Å²) in [5.41, 5.74) is 2.05. The predicted molar refractivity (Wildman–Crippen MR) is 97.7 cm³/mol. The van der Waals surface area contributed by atoms with Crippen LogP contribution >= 0.6 is 0 Å². The van der Waals surface area contributed by atoms with Gasteiger partial charge in [0.05, 0.1) is 13.2 Å². The number of piperidine rings is 1. The lowest BCUT2D eigenvalue weighted by atomic mass is 9.78. The lowest BCUT2D eigenvalue weighted by Crippen LogP contribution is -2.48. The van der Waals surface area contributed by atoms with Crippen molar-refractivity contribution in [3.63, 3.8) is 0 Å². The Morgan fingerprint density at radius 3 is 2.85 bits per heavy atom. The van der Waals surface area contributed by atoms with Gasteiger partial charge in [0.25, 0.3) is 5.91 Å². The molecule has 1 spiro atoms. The number of ether oxygens (including phenoxy) is 1. The second-order valence-electron chi connectivity index (χ2n) is 7.64. The monoisotopic (exact) mass is 357 g/mol. The predicted octanol–water partition coefficient (Wildman–Crippen LogP) is 1.50. The number of hydrogen-bond acceptors (Lipinski definition) is 4. The van der Waals surface area contributed by atoms with Crippen LogP contribution in [0.2, 0.25) is 0 Å². The third kappa shape index (κ3) is 3.54. The Morgan fingerprint density at radius 2 is 2.15 bits per heavy atom. The van der Waals surface area contributed by atoms with Gasteiger partial charge in [-0.1, -0.05) is 0 Å². The zero-order valence-corrected chi connectivity index (χ0v) is 15.4. The Labute approximate surface area is 153 Å². The van der Waals surface area contributed by atoms with Crippen LogP contribution in [0.1, 0.15) is 29.0 Å². The highest BCUT2D eigenvalue weighted by molar-refractivity contribution is 5.92. The molecule has 0 aliphatic carbocycles. The van der Waals surface area contributed by atoms with Gasteiger partial charge in [0.1, 0.15) is 5.69 Å². The first-order valence-electron chi connectivity index (χ1n) is 9.34. The van der Waals surface area contributed by atoms with E-state index in [2.05, 4.69) is 45.0 Å². The summed E-state index contributed by atoms with van der Waals surface area (Å²) < 4.78 is 8.15. The van der Waals surface area contributed by atoms with E-state index in [1.165, 1.54) is 5.69 Å². The van der Waals surface area contributed by atoms with Gasteiger partial charge in [-0.05, 0) is 31.0 Å². The minimum atomic E-state index is 0.0487. The summed E-state index contributed by atoms with van der Waals surface area (Å²) in [5.74, 6) is 0.0487. The van der Waals surface area contributed by atoms with Crippen LogP contribution < -0.4 is 0 Å². The van der Waals surface area contributed by atoms with Crippen molar-refractivity contribution in [1.29, 1.82) is 0 Å². The van der Waals surface area contributed by atoms with Gasteiger partial charge in [0.2, 0.25) is 0 Å². The quantitative estimate of drug-likeness (QED) is 0.904. The van der Waals surface area contributed by atoms with Gasteiger partial charge >= 0.3 is 0 Å². The maximum absolute atomic E-state index is 12.5. The van der Waals surface area contributed by atoms with Crippen LogP contribution in [-0.4, -0.2) is 69.9 Å². The van der Waals surface area contributed by atoms with Crippen molar-refractivity contribution in [2.75, 3.05) is 39.4 Å². The molecule has 0 radical (unpaired) electrons. The Hall–Kier alpha value is -2.12. The summed E-state index contributed by atoms with van der Waals surface area (Å²) >= 11 is 0. The van der Waals surface area contributed by atoms with Crippen molar-refractivity contribution in [1.82, 2.24) is 24.6 Å². The molecule has 7 heteroatoms. The van der Waals surface area contributed by atoms with Crippen LogP contribution in [0.3, 0.4) is 0 Å².